The zero-order chi connectivity index (χ0) is 16.2. The fourth-order valence-corrected chi connectivity index (χ4v) is 5.09. The number of amides is 1. The van der Waals surface area contributed by atoms with Crippen LogP contribution in [0.15, 0.2) is 4.79 Å². The van der Waals surface area contributed by atoms with Gasteiger partial charge in [-0.15, -0.1) is 0 Å². The standard InChI is InChI=1S/C16H24N2O3S/c1-9-10(2)22-15(20)18(9)8-12(19)17(5)13-11-6-7-21-14(11)16(13,3)4/h11,13-14H,6-8H2,1-5H3. The lowest BCUT2D eigenvalue weighted by Crippen LogP contribution is -2.67. The van der Waals surface area contributed by atoms with Crippen molar-refractivity contribution >= 4 is 17.2 Å². The lowest BCUT2D eigenvalue weighted by atomic mass is 9.57. The van der Waals surface area contributed by atoms with E-state index in [1.807, 2.05) is 25.8 Å². The maximum Gasteiger partial charge on any atom is 0.308 e. The van der Waals surface area contributed by atoms with Crippen LogP contribution in [0.4, 0.5) is 0 Å². The highest BCUT2D eigenvalue weighted by Gasteiger charge is 2.61. The molecule has 3 rings (SSSR count). The summed E-state index contributed by atoms with van der Waals surface area (Å²) in [5, 5.41) is 0. The Bertz CT molecular complexity index is 661. The monoisotopic (exact) mass is 324 g/mol. The van der Waals surface area contributed by atoms with E-state index in [1.54, 1.807) is 4.57 Å². The molecule has 0 N–H and O–H groups in total. The van der Waals surface area contributed by atoms with Crippen molar-refractivity contribution in [3.05, 3.63) is 20.2 Å². The lowest BCUT2D eigenvalue weighted by molar-refractivity contribution is -0.167. The van der Waals surface area contributed by atoms with Crippen LogP contribution < -0.4 is 4.87 Å². The van der Waals surface area contributed by atoms with Crippen molar-refractivity contribution in [3.63, 3.8) is 0 Å². The van der Waals surface area contributed by atoms with Crippen LogP contribution in [0.1, 0.15) is 30.8 Å². The van der Waals surface area contributed by atoms with Crippen molar-refractivity contribution in [1.29, 1.82) is 0 Å². The Kier molecular flexibility index (Phi) is 3.72. The molecular weight excluding hydrogens is 300 g/mol. The highest BCUT2D eigenvalue weighted by molar-refractivity contribution is 7.09. The van der Waals surface area contributed by atoms with Crippen molar-refractivity contribution in [2.75, 3.05) is 13.7 Å². The Balaban J connectivity index is 1.77. The van der Waals surface area contributed by atoms with Crippen LogP contribution >= 0.6 is 11.3 Å². The molecule has 1 amide bonds. The summed E-state index contributed by atoms with van der Waals surface area (Å²) < 4.78 is 7.39. The molecule has 2 heterocycles. The second-order valence-corrected chi connectivity index (χ2v) is 8.28. The molecule has 2 fully saturated rings. The van der Waals surface area contributed by atoms with E-state index in [-0.39, 0.29) is 34.9 Å². The van der Waals surface area contributed by atoms with E-state index >= 15 is 0 Å². The number of hydrogen-bond acceptors (Lipinski definition) is 4. The number of fused-ring (bicyclic) bond motifs is 1. The van der Waals surface area contributed by atoms with Gasteiger partial charge in [-0.2, -0.15) is 0 Å². The van der Waals surface area contributed by atoms with Gasteiger partial charge in [0.25, 0.3) is 0 Å². The number of rotatable bonds is 3. The predicted molar refractivity (Wildman–Crippen MR) is 86.2 cm³/mol. The Labute approximate surface area is 134 Å². The quantitative estimate of drug-likeness (QED) is 0.852. The highest BCUT2D eigenvalue weighted by Crippen LogP contribution is 2.54. The van der Waals surface area contributed by atoms with E-state index in [0.29, 0.717) is 5.92 Å². The van der Waals surface area contributed by atoms with Crippen molar-refractivity contribution in [3.8, 4) is 0 Å². The molecule has 1 saturated heterocycles. The summed E-state index contributed by atoms with van der Waals surface area (Å²) in [7, 11) is 1.86. The Morgan fingerprint density at radius 3 is 2.73 bits per heavy atom. The summed E-state index contributed by atoms with van der Waals surface area (Å²) in [6.45, 7) is 9.08. The highest BCUT2D eigenvalue weighted by atomic mass is 32.1. The molecule has 3 unspecified atom stereocenters. The number of carbonyl (C=O) groups excluding carboxylic acids is 1. The van der Waals surface area contributed by atoms with Crippen LogP contribution in [0.2, 0.25) is 0 Å². The van der Waals surface area contributed by atoms with Crippen LogP contribution in [-0.2, 0) is 16.1 Å². The Morgan fingerprint density at radius 1 is 1.45 bits per heavy atom. The van der Waals surface area contributed by atoms with Crippen LogP contribution in [0.3, 0.4) is 0 Å². The van der Waals surface area contributed by atoms with Gasteiger partial charge >= 0.3 is 4.87 Å². The van der Waals surface area contributed by atoms with Crippen molar-refractivity contribution in [2.24, 2.45) is 11.3 Å². The molecule has 0 radical (unpaired) electrons. The molecule has 1 aromatic rings. The molecule has 0 bridgehead atoms. The normalized spacial score (nSPS) is 29.0. The zero-order valence-electron chi connectivity index (χ0n) is 13.9. The van der Waals surface area contributed by atoms with E-state index in [2.05, 4.69) is 13.8 Å². The third kappa shape index (κ3) is 2.15. The minimum atomic E-state index is -0.0494. The Hall–Kier alpha value is -1.14. The van der Waals surface area contributed by atoms with E-state index in [1.165, 1.54) is 11.3 Å². The summed E-state index contributed by atoms with van der Waals surface area (Å²) in [5.41, 5.74) is 0.877. The van der Waals surface area contributed by atoms with Gasteiger partial charge in [0.2, 0.25) is 5.91 Å². The molecule has 5 nitrogen and oxygen atoms in total. The van der Waals surface area contributed by atoms with Crippen molar-refractivity contribution < 1.29 is 9.53 Å². The van der Waals surface area contributed by atoms with Gasteiger partial charge in [-0.1, -0.05) is 25.2 Å². The van der Waals surface area contributed by atoms with E-state index in [4.69, 9.17) is 4.74 Å². The minimum Gasteiger partial charge on any atom is -0.377 e. The minimum absolute atomic E-state index is 0.00595. The molecule has 22 heavy (non-hydrogen) atoms. The fourth-order valence-electron chi connectivity index (χ4n) is 4.26. The average molecular weight is 324 g/mol. The molecule has 0 spiro atoms. The molecule has 0 aromatic carbocycles. The third-order valence-electron chi connectivity index (χ3n) is 5.52. The van der Waals surface area contributed by atoms with E-state index in [9.17, 15) is 9.59 Å². The molecule has 1 saturated carbocycles. The third-order valence-corrected chi connectivity index (χ3v) is 6.51. The van der Waals surface area contributed by atoms with Crippen LogP contribution in [0.5, 0.6) is 0 Å². The van der Waals surface area contributed by atoms with Gasteiger partial charge in [0.05, 0.1) is 6.10 Å². The van der Waals surface area contributed by atoms with Gasteiger partial charge in [0, 0.05) is 41.6 Å². The number of nitrogens with zero attached hydrogens (tertiary/aromatic N) is 2. The molecule has 6 heteroatoms. The summed E-state index contributed by atoms with van der Waals surface area (Å²) in [6, 6.07) is 0.197. The molecule has 3 atom stereocenters. The van der Waals surface area contributed by atoms with Crippen LogP contribution in [0.25, 0.3) is 0 Å². The number of carbonyl (C=O) groups is 1. The maximum absolute atomic E-state index is 12.7. The molecular formula is C16H24N2O3S. The van der Waals surface area contributed by atoms with Crippen LogP contribution in [-0.4, -0.2) is 41.2 Å². The Morgan fingerprint density at radius 2 is 2.14 bits per heavy atom. The fraction of sp³-hybridized carbons (Fsp3) is 0.750. The number of aryl methyl sites for hydroxylation is 1. The average Bonchev–Trinajstić information content (AvgIpc) is 2.97. The molecule has 1 aromatic heterocycles. The maximum atomic E-state index is 12.7. The van der Waals surface area contributed by atoms with Gasteiger partial charge in [-0.05, 0) is 20.3 Å². The van der Waals surface area contributed by atoms with Gasteiger partial charge in [0.15, 0.2) is 0 Å². The lowest BCUT2D eigenvalue weighted by Gasteiger charge is -2.57. The second kappa shape index (κ2) is 5.20. The van der Waals surface area contributed by atoms with Gasteiger partial charge < -0.3 is 9.64 Å². The van der Waals surface area contributed by atoms with Crippen LogP contribution in [0, 0.1) is 25.2 Å². The van der Waals surface area contributed by atoms with Gasteiger partial charge in [-0.25, -0.2) is 0 Å². The zero-order valence-corrected chi connectivity index (χ0v) is 14.7. The molecule has 1 aliphatic heterocycles. The van der Waals surface area contributed by atoms with Gasteiger partial charge in [0.1, 0.15) is 6.54 Å². The number of ether oxygens (including phenoxy) is 1. The van der Waals surface area contributed by atoms with E-state index in [0.717, 1.165) is 23.6 Å². The molecule has 1 aliphatic carbocycles. The van der Waals surface area contributed by atoms with Crippen molar-refractivity contribution in [2.45, 2.75) is 52.8 Å². The first-order chi connectivity index (χ1) is 10.2. The first kappa shape index (κ1) is 15.7. The smallest absolute Gasteiger partial charge is 0.308 e. The number of hydrogen-bond donors (Lipinski definition) is 0. The number of thiazole rings is 1. The first-order valence-electron chi connectivity index (χ1n) is 7.79. The summed E-state index contributed by atoms with van der Waals surface area (Å²) >= 11 is 1.21. The predicted octanol–water partition coefficient (Wildman–Crippen LogP) is 1.80. The topological polar surface area (TPSA) is 51.5 Å². The number of aromatic nitrogens is 1. The van der Waals surface area contributed by atoms with Crippen molar-refractivity contribution in [1.82, 2.24) is 9.47 Å². The molecule has 2 aliphatic rings. The largest absolute Gasteiger partial charge is 0.377 e. The summed E-state index contributed by atoms with van der Waals surface area (Å²) in [4.78, 5) is 27.4. The summed E-state index contributed by atoms with van der Waals surface area (Å²) in [5.74, 6) is 0.442. The first-order valence-corrected chi connectivity index (χ1v) is 8.61. The molecule has 122 valence electrons. The SMILES string of the molecule is Cc1sc(=O)n(CC(=O)N(C)C2C3CCOC3C2(C)C)c1C. The summed E-state index contributed by atoms with van der Waals surface area (Å²) in [6.07, 6.45) is 1.29. The number of likely N-dealkylation sites (N-methyl/N-ethyl adjacent to an activating group) is 1. The second-order valence-electron chi connectivity index (χ2n) is 7.11. The van der Waals surface area contributed by atoms with E-state index < -0.39 is 0 Å². The van der Waals surface area contributed by atoms with Gasteiger partial charge in [-0.3, -0.25) is 14.2 Å².